The van der Waals surface area contributed by atoms with E-state index in [1.54, 1.807) is 0 Å². The highest BCUT2D eigenvalue weighted by Gasteiger charge is 2.15. The monoisotopic (exact) mass is 337 g/mol. The number of rotatable bonds is 6. The van der Waals surface area contributed by atoms with E-state index in [9.17, 15) is 4.79 Å². The second-order valence-corrected chi connectivity index (χ2v) is 6.83. The molecular formula is C21H27N3O. The van der Waals surface area contributed by atoms with E-state index < -0.39 is 0 Å². The van der Waals surface area contributed by atoms with Gasteiger partial charge in [-0.3, -0.25) is 4.79 Å². The van der Waals surface area contributed by atoms with Crippen molar-refractivity contribution in [3.8, 4) is 11.1 Å². The minimum absolute atomic E-state index is 0.0118. The molecule has 0 bridgehead atoms. The molecule has 1 amide bonds. The van der Waals surface area contributed by atoms with Crippen LogP contribution in [0.4, 0.5) is 5.69 Å². The second kappa shape index (κ2) is 7.70. The zero-order valence-corrected chi connectivity index (χ0v) is 15.4. The third-order valence-corrected chi connectivity index (χ3v) is 4.72. The Kier molecular flexibility index (Phi) is 5.39. The van der Waals surface area contributed by atoms with E-state index in [1.807, 2.05) is 26.2 Å². The fraction of sp³-hybridized carbons (Fsp3) is 0.381. The average molecular weight is 337 g/mol. The van der Waals surface area contributed by atoms with Crippen molar-refractivity contribution in [1.82, 2.24) is 10.2 Å². The molecule has 4 nitrogen and oxygen atoms in total. The summed E-state index contributed by atoms with van der Waals surface area (Å²) in [5.74, 6) is -0.0118. The topological polar surface area (TPSA) is 44.4 Å². The lowest BCUT2D eigenvalue weighted by Gasteiger charge is -2.13. The van der Waals surface area contributed by atoms with Crippen LogP contribution in [0.25, 0.3) is 11.1 Å². The first-order chi connectivity index (χ1) is 12.1. The second-order valence-electron chi connectivity index (χ2n) is 6.83. The SMILES string of the molecule is CCc1cc2c(cc1-c1ccc(C(=O)NCCN(C)C)cc1)CCN2. The molecule has 4 heteroatoms. The number of hydrogen-bond donors (Lipinski definition) is 2. The molecule has 132 valence electrons. The Hall–Kier alpha value is -2.33. The minimum atomic E-state index is -0.0118. The van der Waals surface area contributed by atoms with Crippen LogP contribution < -0.4 is 10.6 Å². The van der Waals surface area contributed by atoms with Gasteiger partial charge in [0, 0.05) is 30.9 Å². The van der Waals surface area contributed by atoms with Crippen LogP contribution in [0.3, 0.4) is 0 Å². The van der Waals surface area contributed by atoms with Gasteiger partial charge in [0.25, 0.3) is 5.91 Å². The molecule has 0 aliphatic carbocycles. The maximum absolute atomic E-state index is 12.2. The predicted molar refractivity (Wildman–Crippen MR) is 104 cm³/mol. The quantitative estimate of drug-likeness (QED) is 0.851. The molecule has 0 unspecified atom stereocenters. The number of likely N-dealkylation sites (N-methyl/N-ethyl adjacent to an activating group) is 1. The van der Waals surface area contributed by atoms with E-state index in [4.69, 9.17) is 0 Å². The maximum Gasteiger partial charge on any atom is 0.251 e. The van der Waals surface area contributed by atoms with Gasteiger partial charge in [-0.1, -0.05) is 19.1 Å². The first-order valence-corrected chi connectivity index (χ1v) is 9.01. The van der Waals surface area contributed by atoms with Gasteiger partial charge in [0.05, 0.1) is 0 Å². The van der Waals surface area contributed by atoms with E-state index in [2.05, 4.69) is 46.7 Å². The van der Waals surface area contributed by atoms with Crippen LogP contribution in [0.5, 0.6) is 0 Å². The van der Waals surface area contributed by atoms with Crippen molar-refractivity contribution in [1.29, 1.82) is 0 Å². The summed E-state index contributed by atoms with van der Waals surface area (Å²) in [6, 6.07) is 12.5. The van der Waals surface area contributed by atoms with Gasteiger partial charge in [-0.2, -0.15) is 0 Å². The number of hydrogen-bond acceptors (Lipinski definition) is 3. The fourth-order valence-electron chi connectivity index (χ4n) is 3.25. The first kappa shape index (κ1) is 17.5. The Balaban J connectivity index is 1.77. The highest BCUT2D eigenvalue weighted by Crippen LogP contribution is 2.32. The molecule has 1 aliphatic rings. The summed E-state index contributed by atoms with van der Waals surface area (Å²) in [6.07, 6.45) is 2.08. The van der Waals surface area contributed by atoms with Crippen LogP contribution in [0.1, 0.15) is 28.4 Å². The molecule has 2 aromatic rings. The summed E-state index contributed by atoms with van der Waals surface area (Å²) in [4.78, 5) is 14.3. The molecule has 0 fully saturated rings. The Labute approximate surface area is 150 Å². The number of amides is 1. The molecule has 0 aromatic heterocycles. The van der Waals surface area contributed by atoms with Crippen LogP contribution in [0, 0.1) is 0 Å². The third kappa shape index (κ3) is 4.02. The summed E-state index contributed by atoms with van der Waals surface area (Å²) in [5, 5.41) is 6.41. The molecule has 1 heterocycles. The van der Waals surface area contributed by atoms with Crippen LogP contribution in [-0.4, -0.2) is 44.5 Å². The van der Waals surface area contributed by atoms with Gasteiger partial charge in [-0.25, -0.2) is 0 Å². The van der Waals surface area contributed by atoms with Gasteiger partial charge in [0.2, 0.25) is 0 Å². The number of nitrogens with one attached hydrogen (secondary N) is 2. The van der Waals surface area contributed by atoms with Gasteiger partial charge in [0.1, 0.15) is 0 Å². The molecule has 0 radical (unpaired) electrons. The van der Waals surface area contributed by atoms with Crippen LogP contribution >= 0.6 is 0 Å². The molecule has 0 atom stereocenters. The normalized spacial score (nSPS) is 12.8. The van der Waals surface area contributed by atoms with Crippen molar-refractivity contribution in [2.45, 2.75) is 19.8 Å². The van der Waals surface area contributed by atoms with Gasteiger partial charge in [0.15, 0.2) is 0 Å². The number of fused-ring (bicyclic) bond motifs is 1. The molecule has 2 aromatic carbocycles. The molecule has 0 saturated heterocycles. The zero-order valence-electron chi connectivity index (χ0n) is 15.4. The zero-order chi connectivity index (χ0) is 17.8. The standard InChI is InChI=1S/C21H27N3O/c1-4-15-14-20-18(9-10-22-20)13-19(15)16-5-7-17(8-6-16)21(25)23-11-12-24(2)3/h5-8,13-14,22H,4,9-12H2,1-3H3,(H,23,25). The minimum Gasteiger partial charge on any atom is -0.384 e. The lowest BCUT2D eigenvalue weighted by Crippen LogP contribution is -2.31. The van der Waals surface area contributed by atoms with Crippen molar-refractivity contribution in [2.24, 2.45) is 0 Å². The molecule has 0 saturated carbocycles. The van der Waals surface area contributed by atoms with Crippen LogP contribution in [0.2, 0.25) is 0 Å². The van der Waals surface area contributed by atoms with Crippen molar-refractivity contribution >= 4 is 11.6 Å². The van der Waals surface area contributed by atoms with E-state index in [0.29, 0.717) is 12.1 Å². The van der Waals surface area contributed by atoms with Crippen molar-refractivity contribution in [3.63, 3.8) is 0 Å². The van der Waals surface area contributed by atoms with Crippen molar-refractivity contribution < 1.29 is 4.79 Å². The number of carbonyl (C=O) groups excluding carboxylic acids is 1. The largest absolute Gasteiger partial charge is 0.384 e. The molecule has 0 spiro atoms. The number of carbonyl (C=O) groups is 1. The summed E-state index contributed by atoms with van der Waals surface area (Å²) in [6.45, 7) is 4.71. The molecular weight excluding hydrogens is 310 g/mol. The van der Waals surface area contributed by atoms with Gasteiger partial charge >= 0.3 is 0 Å². The van der Waals surface area contributed by atoms with E-state index in [-0.39, 0.29) is 5.91 Å². The Morgan fingerprint density at radius 3 is 2.64 bits per heavy atom. The number of anilines is 1. The molecule has 2 N–H and O–H groups in total. The molecule has 1 aliphatic heterocycles. The highest BCUT2D eigenvalue weighted by atomic mass is 16.1. The Bertz CT molecular complexity index is 750. The summed E-state index contributed by atoms with van der Waals surface area (Å²) >= 11 is 0. The fourth-order valence-corrected chi connectivity index (χ4v) is 3.25. The smallest absolute Gasteiger partial charge is 0.251 e. The van der Waals surface area contributed by atoms with Crippen molar-refractivity contribution in [3.05, 3.63) is 53.1 Å². The van der Waals surface area contributed by atoms with Crippen molar-refractivity contribution in [2.75, 3.05) is 39.0 Å². The van der Waals surface area contributed by atoms with Crippen LogP contribution in [-0.2, 0) is 12.8 Å². The summed E-state index contributed by atoms with van der Waals surface area (Å²) in [5.41, 5.74) is 7.18. The molecule has 25 heavy (non-hydrogen) atoms. The van der Waals surface area contributed by atoms with E-state index in [1.165, 1.54) is 27.9 Å². The lowest BCUT2D eigenvalue weighted by molar-refractivity contribution is 0.0951. The highest BCUT2D eigenvalue weighted by molar-refractivity contribution is 5.94. The predicted octanol–water partition coefficient (Wildman–Crippen LogP) is 3.18. The number of benzene rings is 2. The Morgan fingerprint density at radius 1 is 1.20 bits per heavy atom. The summed E-state index contributed by atoms with van der Waals surface area (Å²) < 4.78 is 0. The first-order valence-electron chi connectivity index (χ1n) is 9.01. The van der Waals surface area contributed by atoms with E-state index in [0.717, 1.165) is 25.9 Å². The average Bonchev–Trinajstić information content (AvgIpc) is 3.07. The molecule has 3 rings (SSSR count). The van der Waals surface area contributed by atoms with Gasteiger partial charge < -0.3 is 15.5 Å². The van der Waals surface area contributed by atoms with Crippen LogP contribution in [0.15, 0.2) is 36.4 Å². The van der Waals surface area contributed by atoms with Gasteiger partial charge in [-0.15, -0.1) is 0 Å². The number of aryl methyl sites for hydroxylation is 1. The number of nitrogens with zero attached hydrogens (tertiary/aromatic N) is 1. The Morgan fingerprint density at radius 2 is 1.96 bits per heavy atom. The van der Waals surface area contributed by atoms with E-state index >= 15 is 0 Å². The lowest BCUT2D eigenvalue weighted by atomic mass is 9.94. The third-order valence-electron chi connectivity index (χ3n) is 4.72. The van der Waals surface area contributed by atoms with Gasteiger partial charge in [-0.05, 0) is 73.5 Å². The summed E-state index contributed by atoms with van der Waals surface area (Å²) in [7, 11) is 4.00. The maximum atomic E-state index is 12.2.